The van der Waals surface area contributed by atoms with E-state index in [9.17, 15) is 0 Å². The predicted molar refractivity (Wildman–Crippen MR) is 35.3 cm³/mol. The van der Waals surface area contributed by atoms with Crippen molar-refractivity contribution >= 4 is 0 Å². The molecule has 1 unspecified atom stereocenters. The van der Waals surface area contributed by atoms with Crippen molar-refractivity contribution in [1.82, 2.24) is 0 Å². The van der Waals surface area contributed by atoms with E-state index in [1.807, 2.05) is 0 Å². The van der Waals surface area contributed by atoms with Crippen LogP contribution in [-0.2, 0) is 0 Å². The molecule has 46 valence electrons. The van der Waals surface area contributed by atoms with E-state index >= 15 is 0 Å². The van der Waals surface area contributed by atoms with Crippen molar-refractivity contribution in [2.45, 2.75) is 31.7 Å². The lowest BCUT2D eigenvalue weighted by Crippen LogP contribution is -2.30. The second-order valence-corrected chi connectivity index (χ2v) is 2.71. The molecule has 0 radical (unpaired) electrons. The van der Waals surface area contributed by atoms with Gasteiger partial charge in [-0.3, -0.25) is 0 Å². The van der Waals surface area contributed by atoms with E-state index in [2.05, 4.69) is 6.92 Å². The van der Waals surface area contributed by atoms with Gasteiger partial charge in [-0.05, 0) is 19.3 Å². The van der Waals surface area contributed by atoms with Gasteiger partial charge < -0.3 is 5.73 Å². The highest BCUT2D eigenvalue weighted by Gasteiger charge is 2.21. The Hall–Kier alpha value is -0.170. The standard InChI is InChI=1S/C7H14N/c1-6-4-2-3-5-7(6)8/h6-7H,1-5,8H2/q+1/t6-,7?/m1/s1. The van der Waals surface area contributed by atoms with Crippen LogP contribution in [0.25, 0.3) is 0 Å². The number of rotatable bonds is 0. The van der Waals surface area contributed by atoms with Crippen LogP contribution < -0.4 is 5.73 Å². The molecule has 1 saturated carbocycles. The SMILES string of the molecule is [CH2+][C@@H]1CCCCC1N. The Morgan fingerprint density at radius 2 is 1.88 bits per heavy atom. The molecular formula is C7H14N+. The van der Waals surface area contributed by atoms with E-state index in [0.29, 0.717) is 12.0 Å². The minimum absolute atomic E-state index is 0.392. The number of hydrogen-bond acceptors (Lipinski definition) is 1. The first-order valence-corrected chi connectivity index (χ1v) is 3.39. The number of nitrogens with two attached hydrogens (primary N) is 1. The van der Waals surface area contributed by atoms with E-state index in [1.54, 1.807) is 0 Å². The Bertz CT molecular complexity index is 60.8. The fourth-order valence-electron chi connectivity index (χ4n) is 1.24. The van der Waals surface area contributed by atoms with Crippen LogP contribution in [0.5, 0.6) is 0 Å². The molecule has 1 aliphatic carbocycles. The van der Waals surface area contributed by atoms with Crippen LogP contribution in [0.4, 0.5) is 0 Å². The maximum absolute atomic E-state index is 5.72. The topological polar surface area (TPSA) is 26.0 Å². The second kappa shape index (κ2) is 2.40. The summed E-state index contributed by atoms with van der Waals surface area (Å²) in [6, 6.07) is 0.392. The molecular weight excluding hydrogens is 98.1 g/mol. The van der Waals surface area contributed by atoms with Gasteiger partial charge in [-0.2, -0.15) is 0 Å². The fraction of sp³-hybridized carbons (Fsp3) is 0.857. The van der Waals surface area contributed by atoms with E-state index in [4.69, 9.17) is 5.73 Å². The highest BCUT2D eigenvalue weighted by molar-refractivity contribution is 4.78. The average Bonchev–Trinajstić information content (AvgIpc) is 1.77. The van der Waals surface area contributed by atoms with E-state index in [-0.39, 0.29) is 0 Å². The van der Waals surface area contributed by atoms with Crippen molar-refractivity contribution < 1.29 is 0 Å². The summed E-state index contributed by atoms with van der Waals surface area (Å²) in [6.45, 7) is 3.95. The molecule has 0 aliphatic heterocycles. The maximum Gasteiger partial charge on any atom is 0.110 e. The van der Waals surface area contributed by atoms with Gasteiger partial charge in [0.25, 0.3) is 0 Å². The molecule has 2 atom stereocenters. The van der Waals surface area contributed by atoms with Gasteiger partial charge in [-0.25, -0.2) is 0 Å². The highest BCUT2D eigenvalue weighted by Crippen LogP contribution is 2.21. The van der Waals surface area contributed by atoms with Gasteiger partial charge in [0.05, 0.1) is 6.92 Å². The van der Waals surface area contributed by atoms with Crippen molar-refractivity contribution in [1.29, 1.82) is 0 Å². The molecule has 1 heteroatoms. The van der Waals surface area contributed by atoms with Crippen molar-refractivity contribution in [3.8, 4) is 0 Å². The van der Waals surface area contributed by atoms with Crippen molar-refractivity contribution in [2.24, 2.45) is 11.7 Å². The zero-order valence-corrected chi connectivity index (χ0v) is 5.27. The number of hydrogen-bond donors (Lipinski definition) is 1. The van der Waals surface area contributed by atoms with Gasteiger partial charge in [0.15, 0.2) is 0 Å². The molecule has 0 amide bonds. The largest absolute Gasteiger partial charge is 0.324 e. The Morgan fingerprint density at radius 3 is 2.25 bits per heavy atom. The monoisotopic (exact) mass is 112 g/mol. The Balaban J connectivity index is 2.28. The first-order chi connectivity index (χ1) is 3.80. The quantitative estimate of drug-likeness (QED) is 0.470. The summed E-state index contributed by atoms with van der Waals surface area (Å²) in [6.07, 6.45) is 5.07. The molecule has 1 rings (SSSR count). The van der Waals surface area contributed by atoms with Crippen molar-refractivity contribution in [3.63, 3.8) is 0 Å². The van der Waals surface area contributed by atoms with Gasteiger partial charge >= 0.3 is 0 Å². The molecule has 0 aromatic heterocycles. The third kappa shape index (κ3) is 1.16. The lowest BCUT2D eigenvalue weighted by molar-refractivity contribution is 0.359. The molecule has 0 spiro atoms. The van der Waals surface area contributed by atoms with Gasteiger partial charge in [0.1, 0.15) is 5.92 Å². The van der Waals surface area contributed by atoms with E-state index in [0.717, 1.165) is 0 Å². The van der Waals surface area contributed by atoms with Crippen LogP contribution in [0.3, 0.4) is 0 Å². The summed E-state index contributed by atoms with van der Waals surface area (Å²) in [5.41, 5.74) is 5.72. The summed E-state index contributed by atoms with van der Waals surface area (Å²) in [7, 11) is 0. The lowest BCUT2D eigenvalue weighted by Gasteiger charge is -2.19. The van der Waals surface area contributed by atoms with E-state index in [1.165, 1.54) is 25.7 Å². The zero-order valence-electron chi connectivity index (χ0n) is 5.27. The summed E-state index contributed by atoms with van der Waals surface area (Å²) in [5, 5.41) is 0. The van der Waals surface area contributed by atoms with Crippen LogP contribution in [0.15, 0.2) is 0 Å². The van der Waals surface area contributed by atoms with Crippen LogP contribution >= 0.6 is 0 Å². The Morgan fingerprint density at radius 1 is 1.25 bits per heavy atom. The minimum atomic E-state index is 0.392. The summed E-state index contributed by atoms with van der Waals surface area (Å²) >= 11 is 0. The molecule has 0 aromatic carbocycles. The third-order valence-corrected chi connectivity index (χ3v) is 1.97. The predicted octanol–water partition coefficient (Wildman–Crippen LogP) is 1.34. The van der Waals surface area contributed by atoms with Crippen LogP contribution in [0.2, 0.25) is 0 Å². The molecule has 0 bridgehead atoms. The highest BCUT2D eigenvalue weighted by atomic mass is 14.6. The van der Waals surface area contributed by atoms with Gasteiger partial charge in [0, 0.05) is 6.04 Å². The van der Waals surface area contributed by atoms with Crippen LogP contribution in [0.1, 0.15) is 25.7 Å². The first-order valence-electron chi connectivity index (χ1n) is 3.39. The molecule has 0 aromatic rings. The molecule has 0 heterocycles. The van der Waals surface area contributed by atoms with Crippen molar-refractivity contribution in [3.05, 3.63) is 6.92 Å². The molecule has 2 N–H and O–H groups in total. The van der Waals surface area contributed by atoms with Crippen molar-refractivity contribution in [2.75, 3.05) is 0 Å². The second-order valence-electron chi connectivity index (χ2n) is 2.71. The fourth-order valence-corrected chi connectivity index (χ4v) is 1.24. The smallest absolute Gasteiger partial charge is 0.110 e. The average molecular weight is 112 g/mol. The molecule has 0 saturated heterocycles. The van der Waals surface area contributed by atoms with Gasteiger partial charge in [-0.1, -0.05) is 6.42 Å². The van der Waals surface area contributed by atoms with E-state index < -0.39 is 0 Å². The van der Waals surface area contributed by atoms with Crippen LogP contribution in [0, 0.1) is 12.8 Å². The van der Waals surface area contributed by atoms with Gasteiger partial charge in [0.2, 0.25) is 0 Å². The molecule has 1 fully saturated rings. The summed E-state index contributed by atoms with van der Waals surface area (Å²) in [4.78, 5) is 0. The Kier molecular flexibility index (Phi) is 1.79. The first kappa shape index (κ1) is 5.96. The van der Waals surface area contributed by atoms with Gasteiger partial charge in [-0.15, -0.1) is 0 Å². The zero-order chi connectivity index (χ0) is 5.98. The normalized spacial score (nSPS) is 39.6. The third-order valence-electron chi connectivity index (χ3n) is 1.97. The summed E-state index contributed by atoms with van der Waals surface area (Å²) < 4.78 is 0. The molecule has 8 heavy (non-hydrogen) atoms. The lowest BCUT2D eigenvalue weighted by atomic mass is 9.87. The maximum atomic E-state index is 5.72. The Labute approximate surface area is 51.3 Å². The van der Waals surface area contributed by atoms with Crippen LogP contribution in [-0.4, -0.2) is 6.04 Å². The molecule has 1 aliphatic rings. The molecule has 1 nitrogen and oxygen atoms in total. The minimum Gasteiger partial charge on any atom is -0.324 e. The summed E-state index contributed by atoms with van der Waals surface area (Å²) in [5.74, 6) is 0.531.